The van der Waals surface area contributed by atoms with Crippen molar-refractivity contribution in [3.63, 3.8) is 0 Å². The van der Waals surface area contributed by atoms with Crippen molar-refractivity contribution in [3.8, 4) is 0 Å². The van der Waals surface area contributed by atoms with Gasteiger partial charge in [0.25, 0.3) is 0 Å². The van der Waals surface area contributed by atoms with Gasteiger partial charge in [0.15, 0.2) is 0 Å². The normalized spacial score (nSPS) is 21.2. The lowest BCUT2D eigenvalue weighted by Gasteiger charge is -2.23. The van der Waals surface area contributed by atoms with E-state index in [-0.39, 0.29) is 0 Å². The van der Waals surface area contributed by atoms with E-state index in [0.717, 1.165) is 13.0 Å². The molecular formula is C22H29NO. The van der Waals surface area contributed by atoms with Gasteiger partial charge in [0.1, 0.15) is 0 Å². The highest BCUT2D eigenvalue weighted by Crippen LogP contribution is 2.37. The third-order valence-corrected chi connectivity index (χ3v) is 4.86. The van der Waals surface area contributed by atoms with Gasteiger partial charge < -0.3 is 0 Å². The van der Waals surface area contributed by atoms with Crippen LogP contribution < -0.4 is 0 Å². The Morgan fingerprint density at radius 3 is 2.33 bits per heavy atom. The molecule has 128 valence electrons. The first-order valence-corrected chi connectivity index (χ1v) is 9.39. The molecule has 0 unspecified atom stereocenters. The average Bonchev–Trinajstić information content (AvgIpc) is 3.03. The first-order chi connectivity index (χ1) is 11.9. The SMILES string of the molecule is CCCCCC[C@@H]1C[C@H](c2ccccc2)N(Cc2ccccc2)O1. The van der Waals surface area contributed by atoms with Gasteiger partial charge in [-0.3, -0.25) is 4.84 Å². The van der Waals surface area contributed by atoms with Crippen LogP contribution in [0.1, 0.15) is 62.6 Å². The second kappa shape index (κ2) is 9.00. The van der Waals surface area contributed by atoms with Crippen LogP contribution in [0.4, 0.5) is 0 Å². The van der Waals surface area contributed by atoms with Crippen LogP contribution in [0.5, 0.6) is 0 Å². The lowest BCUT2D eigenvalue weighted by Crippen LogP contribution is -2.22. The summed E-state index contributed by atoms with van der Waals surface area (Å²) >= 11 is 0. The van der Waals surface area contributed by atoms with E-state index in [1.807, 2.05) is 0 Å². The maximum atomic E-state index is 6.35. The summed E-state index contributed by atoms with van der Waals surface area (Å²) in [7, 11) is 0. The summed E-state index contributed by atoms with van der Waals surface area (Å²) in [5.74, 6) is 0. The van der Waals surface area contributed by atoms with Gasteiger partial charge in [-0.2, -0.15) is 5.06 Å². The minimum absolute atomic E-state index is 0.357. The number of hydroxylamine groups is 2. The minimum Gasteiger partial charge on any atom is -0.295 e. The molecule has 2 nitrogen and oxygen atoms in total. The van der Waals surface area contributed by atoms with Crippen LogP contribution in [0.3, 0.4) is 0 Å². The third kappa shape index (κ3) is 4.68. The molecule has 0 spiro atoms. The summed E-state index contributed by atoms with van der Waals surface area (Å²) in [6.07, 6.45) is 7.86. The quantitative estimate of drug-likeness (QED) is 0.560. The average molecular weight is 323 g/mol. The van der Waals surface area contributed by atoms with Gasteiger partial charge in [-0.25, -0.2) is 0 Å². The van der Waals surface area contributed by atoms with Crippen molar-refractivity contribution < 1.29 is 4.84 Å². The van der Waals surface area contributed by atoms with E-state index in [0.29, 0.717) is 12.1 Å². The summed E-state index contributed by atoms with van der Waals surface area (Å²) in [5, 5.41) is 2.20. The fourth-order valence-electron chi connectivity index (χ4n) is 3.53. The summed E-state index contributed by atoms with van der Waals surface area (Å²) in [5.41, 5.74) is 2.68. The van der Waals surface area contributed by atoms with Gasteiger partial charge in [0.05, 0.1) is 12.1 Å². The number of unbranched alkanes of at least 4 members (excludes halogenated alkanes) is 3. The zero-order valence-electron chi connectivity index (χ0n) is 14.7. The van der Waals surface area contributed by atoms with Crippen LogP contribution in [0.15, 0.2) is 60.7 Å². The van der Waals surface area contributed by atoms with E-state index in [9.17, 15) is 0 Å². The maximum Gasteiger partial charge on any atom is 0.0812 e. The maximum absolute atomic E-state index is 6.35. The van der Waals surface area contributed by atoms with Crippen LogP contribution in [-0.4, -0.2) is 11.2 Å². The fraction of sp³-hybridized carbons (Fsp3) is 0.455. The Kier molecular flexibility index (Phi) is 6.45. The molecule has 2 heteroatoms. The van der Waals surface area contributed by atoms with Gasteiger partial charge >= 0.3 is 0 Å². The van der Waals surface area contributed by atoms with Crippen LogP contribution >= 0.6 is 0 Å². The molecule has 0 radical (unpaired) electrons. The van der Waals surface area contributed by atoms with Crippen molar-refractivity contribution in [3.05, 3.63) is 71.8 Å². The van der Waals surface area contributed by atoms with Crippen LogP contribution in [0, 0.1) is 0 Å². The highest BCUT2D eigenvalue weighted by molar-refractivity contribution is 5.21. The third-order valence-electron chi connectivity index (χ3n) is 4.86. The molecule has 0 aliphatic carbocycles. The molecule has 24 heavy (non-hydrogen) atoms. The predicted molar refractivity (Wildman–Crippen MR) is 99.4 cm³/mol. The van der Waals surface area contributed by atoms with Crippen molar-refractivity contribution in [2.75, 3.05) is 0 Å². The van der Waals surface area contributed by atoms with E-state index < -0.39 is 0 Å². The molecule has 1 aliphatic heterocycles. The van der Waals surface area contributed by atoms with Crippen molar-refractivity contribution in [1.82, 2.24) is 5.06 Å². The van der Waals surface area contributed by atoms with Crippen molar-refractivity contribution in [2.24, 2.45) is 0 Å². The topological polar surface area (TPSA) is 12.5 Å². The standard InChI is InChI=1S/C22H29NO/c1-2-3-4-11-16-21-17-22(20-14-9-6-10-15-20)23(24-21)18-19-12-7-5-8-13-19/h5-10,12-15,21-22H,2-4,11,16-18H2,1H3/t21-,22-/m1/s1. The number of hydrogen-bond donors (Lipinski definition) is 0. The molecule has 1 heterocycles. The zero-order valence-corrected chi connectivity index (χ0v) is 14.7. The molecule has 3 rings (SSSR count). The van der Waals surface area contributed by atoms with E-state index in [4.69, 9.17) is 4.84 Å². The summed E-state index contributed by atoms with van der Waals surface area (Å²) in [6.45, 7) is 3.12. The highest BCUT2D eigenvalue weighted by atomic mass is 16.7. The van der Waals surface area contributed by atoms with Gasteiger partial charge in [-0.15, -0.1) is 0 Å². The van der Waals surface area contributed by atoms with E-state index in [1.165, 1.54) is 43.2 Å². The van der Waals surface area contributed by atoms with Gasteiger partial charge in [0.2, 0.25) is 0 Å². The van der Waals surface area contributed by atoms with Crippen LogP contribution in [-0.2, 0) is 11.4 Å². The Hall–Kier alpha value is -1.64. The summed E-state index contributed by atoms with van der Waals surface area (Å²) < 4.78 is 0. The molecule has 0 bridgehead atoms. The minimum atomic E-state index is 0.357. The molecule has 1 fully saturated rings. The molecule has 0 aromatic heterocycles. The second-order valence-corrected chi connectivity index (χ2v) is 6.80. The van der Waals surface area contributed by atoms with E-state index >= 15 is 0 Å². The Bertz CT molecular complexity index is 583. The smallest absolute Gasteiger partial charge is 0.0812 e. The highest BCUT2D eigenvalue weighted by Gasteiger charge is 2.34. The fourth-order valence-corrected chi connectivity index (χ4v) is 3.53. The van der Waals surface area contributed by atoms with E-state index in [2.05, 4.69) is 72.7 Å². The molecule has 0 amide bonds. The van der Waals surface area contributed by atoms with E-state index in [1.54, 1.807) is 0 Å². The monoisotopic (exact) mass is 323 g/mol. The van der Waals surface area contributed by atoms with Gasteiger partial charge in [-0.05, 0) is 24.0 Å². The van der Waals surface area contributed by atoms with Gasteiger partial charge in [-0.1, -0.05) is 93.3 Å². The molecular weight excluding hydrogens is 294 g/mol. The molecule has 0 N–H and O–H groups in total. The Morgan fingerprint density at radius 1 is 0.917 bits per heavy atom. The zero-order chi connectivity index (χ0) is 16.6. The predicted octanol–water partition coefficient (Wildman–Crippen LogP) is 5.90. The summed E-state index contributed by atoms with van der Waals surface area (Å²) in [4.78, 5) is 6.35. The Balaban J connectivity index is 1.66. The number of benzene rings is 2. The van der Waals surface area contributed by atoms with Crippen molar-refractivity contribution in [2.45, 2.75) is 64.1 Å². The molecule has 2 aromatic rings. The lowest BCUT2D eigenvalue weighted by molar-refractivity contribution is -0.172. The number of hydrogen-bond acceptors (Lipinski definition) is 2. The molecule has 1 saturated heterocycles. The van der Waals surface area contributed by atoms with Crippen molar-refractivity contribution in [1.29, 1.82) is 0 Å². The molecule has 1 aliphatic rings. The molecule has 2 aromatic carbocycles. The largest absolute Gasteiger partial charge is 0.295 e. The lowest BCUT2D eigenvalue weighted by atomic mass is 9.98. The molecule has 0 saturated carbocycles. The first-order valence-electron chi connectivity index (χ1n) is 9.39. The molecule has 2 atom stereocenters. The number of rotatable bonds is 8. The van der Waals surface area contributed by atoms with Crippen LogP contribution in [0.25, 0.3) is 0 Å². The Labute approximate surface area is 146 Å². The number of nitrogens with zero attached hydrogens (tertiary/aromatic N) is 1. The van der Waals surface area contributed by atoms with Crippen LogP contribution in [0.2, 0.25) is 0 Å². The first kappa shape index (κ1) is 17.2. The van der Waals surface area contributed by atoms with Crippen molar-refractivity contribution >= 4 is 0 Å². The Morgan fingerprint density at radius 2 is 1.62 bits per heavy atom. The summed E-state index contributed by atoms with van der Waals surface area (Å²) in [6, 6.07) is 21.8. The second-order valence-electron chi connectivity index (χ2n) is 6.80. The van der Waals surface area contributed by atoms with Gasteiger partial charge in [0, 0.05) is 6.54 Å².